The van der Waals surface area contributed by atoms with E-state index in [2.05, 4.69) is 9.97 Å². The number of alkyl halides is 3. The fraction of sp³-hybridized carbons (Fsp3) is 0.231. The van der Waals surface area contributed by atoms with Gasteiger partial charge in [-0.3, -0.25) is 0 Å². The third kappa shape index (κ3) is 3.44. The van der Waals surface area contributed by atoms with Gasteiger partial charge in [0.1, 0.15) is 0 Å². The van der Waals surface area contributed by atoms with Crippen molar-refractivity contribution in [2.24, 2.45) is 0 Å². The Morgan fingerprint density at radius 1 is 1.26 bits per heavy atom. The van der Waals surface area contributed by atoms with E-state index in [9.17, 15) is 13.2 Å². The lowest BCUT2D eigenvalue weighted by Crippen LogP contribution is -2.06. The second-order valence-corrected chi connectivity index (χ2v) is 4.48. The van der Waals surface area contributed by atoms with Crippen molar-refractivity contribution < 1.29 is 13.2 Å². The minimum absolute atomic E-state index is 0.0903. The van der Waals surface area contributed by atoms with Crippen molar-refractivity contribution in [3.63, 3.8) is 0 Å². The molecule has 0 fully saturated rings. The van der Waals surface area contributed by atoms with Crippen molar-refractivity contribution in [1.82, 2.24) is 9.97 Å². The summed E-state index contributed by atoms with van der Waals surface area (Å²) in [6, 6.07) is 5.18. The standard InChI is InChI=1S/C13H10ClF3N2/c1-8-7-18-12(14)19-11(8)6-9-3-2-4-10(5-9)13(15,16)17/h2-5,7H,6H2,1H3. The van der Waals surface area contributed by atoms with Gasteiger partial charge in [-0.2, -0.15) is 13.2 Å². The first kappa shape index (κ1) is 13.8. The lowest BCUT2D eigenvalue weighted by Gasteiger charge is -2.09. The topological polar surface area (TPSA) is 25.8 Å². The molecule has 0 aliphatic heterocycles. The molecule has 100 valence electrons. The van der Waals surface area contributed by atoms with Crippen LogP contribution in [0.3, 0.4) is 0 Å². The maximum Gasteiger partial charge on any atom is 0.416 e. The molecule has 0 saturated carbocycles. The maximum absolute atomic E-state index is 12.6. The van der Waals surface area contributed by atoms with Gasteiger partial charge in [0.2, 0.25) is 5.28 Å². The smallest absolute Gasteiger partial charge is 0.226 e. The molecule has 0 radical (unpaired) electrons. The zero-order valence-electron chi connectivity index (χ0n) is 10.0. The van der Waals surface area contributed by atoms with E-state index in [1.165, 1.54) is 6.07 Å². The van der Waals surface area contributed by atoms with Crippen LogP contribution >= 0.6 is 11.6 Å². The van der Waals surface area contributed by atoms with Crippen LogP contribution in [0.2, 0.25) is 5.28 Å². The molecule has 1 heterocycles. The van der Waals surface area contributed by atoms with E-state index in [4.69, 9.17) is 11.6 Å². The van der Waals surface area contributed by atoms with Crippen molar-refractivity contribution in [1.29, 1.82) is 0 Å². The summed E-state index contributed by atoms with van der Waals surface area (Å²) >= 11 is 5.68. The van der Waals surface area contributed by atoms with E-state index in [1.807, 2.05) is 0 Å². The molecule has 2 rings (SSSR count). The van der Waals surface area contributed by atoms with Gasteiger partial charge in [-0.15, -0.1) is 0 Å². The quantitative estimate of drug-likeness (QED) is 0.779. The van der Waals surface area contributed by atoms with E-state index in [-0.39, 0.29) is 11.7 Å². The second kappa shape index (κ2) is 5.17. The molecule has 0 saturated heterocycles. The molecular weight excluding hydrogens is 277 g/mol. The van der Waals surface area contributed by atoms with Crippen molar-refractivity contribution in [2.45, 2.75) is 19.5 Å². The fourth-order valence-corrected chi connectivity index (χ4v) is 1.83. The van der Waals surface area contributed by atoms with Crippen LogP contribution in [0.15, 0.2) is 30.5 Å². The van der Waals surface area contributed by atoms with Crippen LogP contribution in [-0.4, -0.2) is 9.97 Å². The molecule has 19 heavy (non-hydrogen) atoms. The molecule has 0 unspecified atom stereocenters. The monoisotopic (exact) mass is 286 g/mol. The molecule has 0 bridgehead atoms. The summed E-state index contributed by atoms with van der Waals surface area (Å²) in [6.07, 6.45) is -2.50. The van der Waals surface area contributed by atoms with Crippen molar-refractivity contribution in [3.8, 4) is 0 Å². The van der Waals surface area contributed by atoms with E-state index in [0.29, 0.717) is 11.3 Å². The molecule has 2 aromatic rings. The van der Waals surface area contributed by atoms with Crippen LogP contribution in [0.4, 0.5) is 13.2 Å². The van der Waals surface area contributed by atoms with Crippen LogP contribution in [-0.2, 0) is 12.6 Å². The maximum atomic E-state index is 12.6. The van der Waals surface area contributed by atoms with Crippen LogP contribution in [0.1, 0.15) is 22.4 Å². The van der Waals surface area contributed by atoms with Crippen LogP contribution in [0.25, 0.3) is 0 Å². The third-order valence-electron chi connectivity index (χ3n) is 2.67. The zero-order valence-corrected chi connectivity index (χ0v) is 10.8. The lowest BCUT2D eigenvalue weighted by atomic mass is 10.0. The van der Waals surface area contributed by atoms with Gasteiger partial charge in [0.15, 0.2) is 0 Å². The average Bonchev–Trinajstić information content (AvgIpc) is 2.33. The first-order valence-corrected chi connectivity index (χ1v) is 5.88. The third-order valence-corrected chi connectivity index (χ3v) is 2.86. The second-order valence-electron chi connectivity index (χ2n) is 4.14. The molecule has 1 aromatic heterocycles. The number of benzene rings is 1. The number of nitrogens with zero attached hydrogens (tertiary/aromatic N) is 2. The lowest BCUT2D eigenvalue weighted by molar-refractivity contribution is -0.137. The molecule has 0 amide bonds. The molecule has 1 aromatic carbocycles. The average molecular weight is 287 g/mol. The van der Waals surface area contributed by atoms with E-state index < -0.39 is 11.7 Å². The number of halogens is 4. The van der Waals surface area contributed by atoms with Gasteiger partial charge >= 0.3 is 6.18 Å². The Kier molecular flexibility index (Phi) is 3.75. The molecular formula is C13H10ClF3N2. The highest BCUT2D eigenvalue weighted by Gasteiger charge is 2.30. The first-order valence-electron chi connectivity index (χ1n) is 5.50. The normalized spacial score (nSPS) is 11.6. The van der Waals surface area contributed by atoms with Gasteiger partial charge in [0.25, 0.3) is 0 Å². The zero-order chi connectivity index (χ0) is 14.0. The molecule has 0 N–H and O–H groups in total. The molecule has 2 nitrogen and oxygen atoms in total. The van der Waals surface area contributed by atoms with E-state index in [1.54, 1.807) is 19.2 Å². The summed E-state index contributed by atoms with van der Waals surface area (Å²) in [4.78, 5) is 7.85. The van der Waals surface area contributed by atoms with Gasteiger partial charge < -0.3 is 0 Å². The highest BCUT2D eigenvalue weighted by Crippen LogP contribution is 2.30. The summed E-state index contributed by atoms with van der Waals surface area (Å²) in [5, 5.41) is 0.0903. The highest BCUT2D eigenvalue weighted by molar-refractivity contribution is 6.28. The summed E-state index contributed by atoms with van der Waals surface area (Å²) in [5.74, 6) is 0. The van der Waals surface area contributed by atoms with E-state index in [0.717, 1.165) is 17.7 Å². The van der Waals surface area contributed by atoms with Gasteiger partial charge in [-0.1, -0.05) is 18.2 Å². The fourth-order valence-electron chi connectivity index (χ4n) is 1.68. The van der Waals surface area contributed by atoms with Crippen LogP contribution in [0, 0.1) is 6.92 Å². The van der Waals surface area contributed by atoms with Crippen molar-refractivity contribution >= 4 is 11.6 Å². The summed E-state index contributed by atoms with van der Waals surface area (Å²) in [7, 11) is 0. The molecule has 0 aliphatic rings. The number of aromatic nitrogens is 2. The minimum Gasteiger partial charge on any atom is -0.226 e. The van der Waals surface area contributed by atoms with Crippen molar-refractivity contribution in [3.05, 3.63) is 58.1 Å². The van der Waals surface area contributed by atoms with Crippen LogP contribution < -0.4 is 0 Å². The molecule has 0 atom stereocenters. The molecule has 0 aliphatic carbocycles. The summed E-state index contributed by atoms with van der Waals surface area (Å²) in [6.45, 7) is 1.79. The Morgan fingerprint density at radius 3 is 2.68 bits per heavy atom. The first-order chi connectivity index (χ1) is 8.86. The van der Waals surface area contributed by atoms with Crippen LogP contribution in [0.5, 0.6) is 0 Å². The van der Waals surface area contributed by atoms with Gasteiger partial charge in [-0.25, -0.2) is 9.97 Å². The Morgan fingerprint density at radius 2 is 2.00 bits per heavy atom. The van der Waals surface area contributed by atoms with Gasteiger partial charge in [0.05, 0.1) is 11.3 Å². The number of aryl methyl sites for hydroxylation is 1. The van der Waals surface area contributed by atoms with Crippen molar-refractivity contribution in [2.75, 3.05) is 0 Å². The summed E-state index contributed by atoms with van der Waals surface area (Å²) in [5.41, 5.74) is 1.29. The molecule has 6 heteroatoms. The van der Waals surface area contributed by atoms with E-state index >= 15 is 0 Å². The number of hydrogen-bond acceptors (Lipinski definition) is 2. The Bertz CT molecular complexity index is 597. The number of rotatable bonds is 2. The highest BCUT2D eigenvalue weighted by atomic mass is 35.5. The number of hydrogen-bond donors (Lipinski definition) is 0. The van der Waals surface area contributed by atoms with Gasteiger partial charge in [0, 0.05) is 12.6 Å². The minimum atomic E-state index is -4.34. The van der Waals surface area contributed by atoms with Gasteiger partial charge in [-0.05, 0) is 35.7 Å². The SMILES string of the molecule is Cc1cnc(Cl)nc1Cc1cccc(C(F)(F)F)c1. The summed E-state index contributed by atoms with van der Waals surface area (Å²) < 4.78 is 37.8. The largest absolute Gasteiger partial charge is 0.416 e. The Balaban J connectivity index is 2.31. The Hall–Kier alpha value is -1.62. The Labute approximate surface area is 113 Å². The predicted molar refractivity (Wildman–Crippen MR) is 66.0 cm³/mol. The predicted octanol–water partition coefficient (Wildman–Crippen LogP) is 4.05. The molecule has 0 spiro atoms.